The molecule has 0 bridgehead atoms. The summed E-state index contributed by atoms with van der Waals surface area (Å²) in [6.07, 6.45) is 18.1. The fourth-order valence-electron chi connectivity index (χ4n) is 4.68. The van der Waals surface area contributed by atoms with Gasteiger partial charge in [-0.3, -0.25) is 0 Å². The van der Waals surface area contributed by atoms with Crippen LogP contribution in [-0.4, -0.2) is 12.7 Å². The first-order chi connectivity index (χ1) is 11.7. The Hall–Kier alpha value is -0.550. The van der Waals surface area contributed by atoms with Crippen molar-refractivity contribution in [3.05, 3.63) is 0 Å². The van der Waals surface area contributed by atoms with Crippen LogP contribution in [0.3, 0.4) is 0 Å². The highest BCUT2D eigenvalue weighted by atomic mass is 16.5. The Morgan fingerprint density at radius 1 is 0.917 bits per heavy atom. The van der Waals surface area contributed by atoms with Crippen LogP contribution in [-0.2, 0) is 4.74 Å². The molecule has 0 heterocycles. The van der Waals surface area contributed by atoms with Crippen molar-refractivity contribution in [1.82, 2.24) is 0 Å². The molecule has 2 heteroatoms. The van der Waals surface area contributed by atoms with Gasteiger partial charge in [0.1, 0.15) is 0 Å². The molecule has 2 saturated carbocycles. The summed E-state index contributed by atoms with van der Waals surface area (Å²) in [6, 6.07) is 2.66. The summed E-state index contributed by atoms with van der Waals surface area (Å²) in [5.41, 5.74) is -0.0101. The summed E-state index contributed by atoms with van der Waals surface area (Å²) in [4.78, 5) is 0. The normalized spacial score (nSPS) is 34.0. The van der Waals surface area contributed by atoms with E-state index in [0.717, 1.165) is 31.8 Å². The van der Waals surface area contributed by atoms with E-state index in [9.17, 15) is 5.26 Å². The molecule has 2 aliphatic carbocycles. The van der Waals surface area contributed by atoms with E-state index < -0.39 is 0 Å². The van der Waals surface area contributed by atoms with Crippen molar-refractivity contribution in [2.75, 3.05) is 6.61 Å². The molecule has 2 fully saturated rings. The van der Waals surface area contributed by atoms with E-state index in [1.165, 1.54) is 70.6 Å². The van der Waals surface area contributed by atoms with Crippen molar-refractivity contribution in [1.29, 1.82) is 5.26 Å². The van der Waals surface area contributed by atoms with Crippen LogP contribution in [0.1, 0.15) is 104 Å². The van der Waals surface area contributed by atoms with Crippen molar-refractivity contribution in [3.8, 4) is 6.07 Å². The van der Waals surface area contributed by atoms with Gasteiger partial charge in [-0.25, -0.2) is 0 Å². The van der Waals surface area contributed by atoms with E-state index in [2.05, 4.69) is 19.9 Å². The molecular weight excluding hydrogens is 294 g/mol. The second-order valence-electron chi connectivity index (χ2n) is 8.56. The van der Waals surface area contributed by atoms with Crippen LogP contribution in [0, 0.1) is 28.6 Å². The predicted molar refractivity (Wildman–Crippen MR) is 101 cm³/mol. The van der Waals surface area contributed by atoms with Crippen LogP contribution in [0.5, 0.6) is 0 Å². The molecule has 0 aromatic rings. The van der Waals surface area contributed by atoms with Crippen molar-refractivity contribution >= 4 is 0 Å². The first kappa shape index (κ1) is 19.8. The molecule has 24 heavy (non-hydrogen) atoms. The molecule has 2 nitrogen and oxygen atoms in total. The number of unbranched alkanes of at least 4 members (excludes halogenated alkanes) is 2. The van der Waals surface area contributed by atoms with E-state index in [0.29, 0.717) is 12.0 Å². The Balaban J connectivity index is 1.62. The quantitative estimate of drug-likeness (QED) is 0.473. The van der Waals surface area contributed by atoms with Crippen LogP contribution in [0.15, 0.2) is 0 Å². The summed E-state index contributed by atoms with van der Waals surface area (Å²) >= 11 is 0. The van der Waals surface area contributed by atoms with Crippen LogP contribution in [0.2, 0.25) is 0 Å². The van der Waals surface area contributed by atoms with E-state index in [1.54, 1.807) is 0 Å². The fourth-order valence-corrected chi connectivity index (χ4v) is 4.68. The molecule has 0 aromatic carbocycles. The van der Waals surface area contributed by atoms with Gasteiger partial charge in [-0.05, 0) is 69.6 Å². The highest BCUT2D eigenvalue weighted by molar-refractivity contribution is 5.01. The molecule has 0 radical (unpaired) electrons. The van der Waals surface area contributed by atoms with Crippen molar-refractivity contribution in [3.63, 3.8) is 0 Å². The lowest BCUT2D eigenvalue weighted by Gasteiger charge is -2.36. The van der Waals surface area contributed by atoms with Gasteiger partial charge >= 0.3 is 0 Å². The third-order valence-corrected chi connectivity index (χ3v) is 6.64. The minimum absolute atomic E-state index is 0.0101. The molecule has 0 N–H and O–H groups in total. The summed E-state index contributed by atoms with van der Waals surface area (Å²) in [7, 11) is 0. The highest BCUT2D eigenvalue weighted by Gasteiger charge is 2.35. The molecule has 0 aliphatic heterocycles. The van der Waals surface area contributed by atoms with E-state index in [4.69, 9.17) is 4.74 Å². The number of hydrogen-bond acceptors (Lipinski definition) is 2. The Labute approximate surface area is 150 Å². The topological polar surface area (TPSA) is 33.0 Å². The fraction of sp³-hybridized carbons (Fsp3) is 0.955. The van der Waals surface area contributed by atoms with Gasteiger partial charge in [-0.1, -0.05) is 46.0 Å². The second-order valence-corrected chi connectivity index (χ2v) is 8.56. The van der Waals surface area contributed by atoms with E-state index in [1.807, 2.05) is 0 Å². The minimum atomic E-state index is -0.0101. The van der Waals surface area contributed by atoms with Gasteiger partial charge < -0.3 is 4.74 Å². The lowest BCUT2D eigenvalue weighted by atomic mass is 9.69. The third kappa shape index (κ3) is 6.07. The van der Waals surface area contributed by atoms with Crippen LogP contribution < -0.4 is 0 Å². The van der Waals surface area contributed by atoms with E-state index >= 15 is 0 Å². The molecule has 0 spiro atoms. The van der Waals surface area contributed by atoms with Gasteiger partial charge in [0.25, 0.3) is 0 Å². The Bertz CT molecular complexity index is 370. The van der Waals surface area contributed by atoms with Gasteiger partial charge in [-0.2, -0.15) is 5.26 Å². The minimum Gasteiger partial charge on any atom is -0.378 e. The van der Waals surface area contributed by atoms with Gasteiger partial charge in [0, 0.05) is 6.61 Å². The zero-order chi connectivity index (χ0) is 17.3. The molecule has 0 aromatic heterocycles. The predicted octanol–water partition coefficient (Wildman–Crippen LogP) is 6.64. The number of rotatable bonds is 9. The zero-order valence-electron chi connectivity index (χ0n) is 16.2. The first-order valence-corrected chi connectivity index (χ1v) is 10.7. The Kier molecular flexibility index (Phi) is 8.60. The largest absolute Gasteiger partial charge is 0.378 e. The van der Waals surface area contributed by atoms with Crippen molar-refractivity contribution in [2.24, 2.45) is 17.3 Å². The molecule has 0 saturated heterocycles. The molecule has 0 amide bonds. The third-order valence-electron chi connectivity index (χ3n) is 6.64. The van der Waals surface area contributed by atoms with Crippen LogP contribution >= 0.6 is 0 Å². The van der Waals surface area contributed by atoms with E-state index in [-0.39, 0.29) is 5.41 Å². The molecule has 2 aliphatic rings. The smallest absolute Gasteiger partial charge is 0.0689 e. The Morgan fingerprint density at radius 2 is 1.58 bits per heavy atom. The summed E-state index contributed by atoms with van der Waals surface area (Å²) in [5, 5.41) is 9.59. The maximum absolute atomic E-state index is 9.59. The highest BCUT2D eigenvalue weighted by Crippen LogP contribution is 2.42. The first-order valence-electron chi connectivity index (χ1n) is 10.7. The summed E-state index contributed by atoms with van der Waals surface area (Å²) in [6.45, 7) is 5.46. The standard InChI is InChI=1S/C22H39NO/c1-3-5-7-19-8-10-21(11-9-19)24-17-20-12-15-22(18-23,16-13-20)14-6-4-2/h19-21H,3-17H2,1-2H3/t19-,20-,21-,22-. The average Bonchev–Trinajstić information content (AvgIpc) is 2.65. The van der Waals surface area contributed by atoms with Crippen molar-refractivity contribution in [2.45, 2.75) is 110 Å². The SMILES string of the molecule is CCCC[C@H]1CC[C@H](OC[C@H]2CC[C@@](C#N)(CCCC)CC2)CC1. The maximum atomic E-state index is 9.59. The molecule has 2 rings (SSSR count). The Morgan fingerprint density at radius 3 is 2.17 bits per heavy atom. The number of ether oxygens (including phenoxy) is 1. The summed E-state index contributed by atoms with van der Waals surface area (Å²) in [5.74, 6) is 1.67. The second kappa shape index (κ2) is 10.4. The molecular formula is C22H39NO. The number of hydrogen-bond donors (Lipinski definition) is 0. The van der Waals surface area contributed by atoms with Gasteiger partial charge in [-0.15, -0.1) is 0 Å². The number of nitrogens with zero attached hydrogens (tertiary/aromatic N) is 1. The van der Waals surface area contributed by atoms with Gasteiger partial charge in [0.05, 0.1) is 17.6 Å². The lowest BCUT2D eigenvalue weighted by molar-refractivity contribution is -0.0134. The van der Waals surface area contributed by atoms with Gasteiger partial charge in [0.2, 0.25) is 0 Å². The monoisotopic (exact) mass is 333 g/mol. The molecule has 138 valence electrons. The number of nitriles is 1. The molecule has 0 atom stereocenters. The summed E-state index contributed by atoms with van der Waals surface area (Å²) < 4.78 is 6.28. The van der Waals surface area contributed by atoms with Gasteiger partial charge in [0.15, 0.2) is 0 Å². The maximum Gasteiger partial charge on any atom is 0.0689 e. The van der Waals surface area contributed by atoms with Crippen molar-refractivity contribution < 1.29 is 4.74 Å². The lowest BCUT2D eigenvalue weighted by Crippen LogP contribution is -2.30. The van der Waals surface area contributed by atoms with Crippen LogP contribution in [0.4, 0.5) is 0 Å². The molecule has 0 unspecified atom stereocenters. The average molecular weight is 334 g/mol. The van der Waals surface area contributed by atoms with Crippen LogP contribution in [0.25, 0.3) is 0 Å². The zero-order valence-corrected chi connectivity index (χ0v) is 16.2.